The third-order valence-corrected chi connectivity index (χ3v) is 9.01. The van der Waals surface area contributed by atoms with Crippen molar-refractivity contribution in [1.29, 1.82) is 0 Å². The zero-order chi connectivity index (χ0) is 33.5. The van der Waals surface area contributed by atoms with Crippen LogP contribution >= 0.6 is 0 Å². The van der Waals surface area contributed by atoms with Crippen LogP contribution in [0, 0.1) is 5.92 Å². The first-order chi connectivity index (χ1) is 22.0. The molecule has 0 spiro atoms. The molecule has 0 radical (unpaired) electrons. The maximum absolute atomic E-state index is 13.5. The molecule has 1 aromatic rings. The Morgan fingerprint density at radius 1 is 1.02 bits per heavy atom. The fourth-order valence-corrected chi connectivity index (χ4v) is 6.48. The molecule has 3 amide bonds. The third kappa shape index (κ3) is 12.7. The van der Waals surface area contributed by atoms with Gasteiger partial charge in [-0.1, -0.05) is 50.1 Å². The van der Waals surface area contributed by atoms with Crippen LogP contribution in [0.3, 0.4) is 0 Å². The summed E-state index contributed by atoms with van der Waals surface area (Å²) in [6.07, 6.45) is 7.60. The number of esters is 1. The van der Waals surface area contributed by atoms with E-state index in [9.17, 15) is 27.6 Å². The van der Waals surface area contributed by atoms with Gasteiger partial charge in [0, 0.05) is 39.0 Å². The van der Waals surface area contributed by atoms with Crippen molar-refractivity contribution >= 4 is 39.7 Å². The zero-order valence-electron chi connectivity index (χ0n) is 27.1. The number of aliphatic imine (C=N–C) groups is 1. The van der Waals surface area contributed by atoms with Gasteiger partial charge in [0.2, 0.25) is 27.7 Å². The summed E-state index contributed by atoms with van der Waals surface area (Å²) >= 11 is 0. The van der Waals surface area contributed by atoms with Crippen LogP contribution in [-0.2, 0) is 40.4 Å². The molecule has 0 saturated carbocycles. The van der Waals surface area contributed by atoms with Gasteiger partial charge in [-0.25, -0.2) is 13.1 Å². The van der Waals surface area contributed by atoms with Crippen LogP contribution < -0.4 is 15.8 Å². The SMILES string of the molecule is CCCCCC(=O)OCCCC(=O)N=C(N)N1CCC(CNC(=O)[C@@H]2CCCN2C(=O)[C@@H](Cc2ccccc2)NS(C)(=O)=O)CC1. The van der Waals surface area contributed by atoms with Gasteiger partial charge in [0.25, 0.3) is 0 Å². The van der Waals surface area contributed by atoms with Gasteiger partial charge >= 0.3 is 5.97 Å². The van der Waals surface area contributed by atoms with Crippen molar-refractivity contribution in [2.75, 3.05) is 39.0 Å². The van der Waals surface area contributed by atoms with Crippen LogP contribution in [0.4, 0.5) is 0 Å². The maximum atomic E-state index is 13.5. The second-order valence-electron chi connectivity index (χ2n) is 12.1. The molecule has 14 heteroatoms. The summed E-state index contributed by atoms with van der Waals surface area (Å²) in [7, 11) is -3.66. The molecule has 2 atom stereocenters. The monoisotopic (exact) mass is 662 g/mol. The molecule has 0 bridgehead atoms. The molecule has 2 saturated heterocycles. The second-order valence-corrected chi connectivity index (χ2v) is 13.9. The van der Waals surface area contributed by atoms with E-state index >= 15 is 0 Å². The number of unbranched alkanes of at least 4 members (excludes halogenated alkanes) is 2. The molecule has 2 aliphatic heterocycles. The van der Waals surface area contributed by atoms with Crippen molar-refractivity contribution in [3.05, 3.63) is 35.9 Å². The fourth-order valence-electron chi connectivity index (χ4n) is 5.78. The summed E-state index contributed by atoms with van der Waals surface area (Å²) in [6, 6.07) is 7.50. The molecule has 13 nitrogen and oxygen atoms in total. The van der Waals surface area contributed by atoms with Gasteiger partial charge < -0.3 is 25.6 Å². The summed E-state index contributed by atoms with van der Waals surface area (Å²) in [5, 5.41) is 3.00. The first-order valence-corrected chi connectivity index (χ1v) is 18.2. The zero-order valence-corrected chi connectivity index (χ0v) is 27.9. The lowest BCUT2D eigenvalue weighted by molar-refractivity contribution is -0.144. The molecule has 0 unspecified atom stereocenters. The van der Waals surface area contributed by atoms with Gasteiger partial charge in [0.1, 0.15) is 12.1 Å². The minimum Gasteiger partial charge on any atom is -0.466 e. The maximum Gasteiger partial charge on any atom is 0.305 e. The highest BCUT2D eigenvalue weighted by molar-refractivity contribution is 7.88. The predicted molar refractivity (Wildman–Crippen MR) is 175 cm³/mol. The van der Waals surface area contributed by atoms with Crippen molar-refractivity contribution < 1.29 is 32.3 Å². The van der Waals surface area contributed by atoms with E-state index in [1.165, 1.54) is 4.90 Å². The molecule has 256 valence electrons. The number of amides is 3. The minimum atomic E-state index is -3.66. The number of hydrogen-bond donors (Lipinski definition) is 3. The van der Waals surface area contributed by atoms with Gasteiger partial charge in [-0.2, -0.15) is 4.99 Å². The Bertz CT molecular complexity index is 1300. The van der Waals surface area contributed by atoms with Crippen LogP contribution in [0.2, 0.25) is 0 Å². The van der Waals surface area contributed by atoms with Crippen molar-refractivity contribution in [2.24, 2.45) is 16.6 Å². The Hall–Kier alpha value is -3.52. The number of rotatable bonds is 16. The van der Waals surface area contributed by atoms with E-state index in [-0.39, 0.29) is 49.1 Å². The lowest BCUT2D eigenvalue weighted by Gasteiger charge is -2.33. The summed E-state index contributed by atoms with van der Waals surface area (Å²) in [4.78, 5) is 58.0. The molecule has 46 heavy (non-hydrogen) atoms. The number of carbonyl (C=O) groups is 4. The summed E-state index contributed by atoms with van der Waals surface area (Å²) < 4.78 is 31.7. The number of carbonyl (C=O) groups excluding carboxylic acids is 4. The average molecular weight is 663 g/mol. The van der Waals surface area contributed by atoms with Crippen LogP contribution in [0.25, 0.3) is 0 Å². The molecule has 3 rings (SSSR count). The number of nitrogens with two attached hydrogens (primary N) is 1. The molecule has 0 aliphatic carbocycles. The molecule has 2 heterocycles. The number of benzene rings is 1. The van der Waals surface area contributed by atoms with E-state index in [1.54, 1.807) is 0 Å². The number of nitrogens with one attached hydrogen (secondary N) is 2. The van der Waals surface area contributed by atoms with Crippen LogP contribution in [0.5, 0.6) is 0 Å². The summed E-state index contributed by atoms with van der Waals surface area (Å²) in [6.45, 7) is 4.25. The van der Waals surface area contributed by atoms with Crippen LogP contribution in [-0.4, -0.2) is 99.0 Å². The van der Waals surface area contributed by atoms with Crippen molar-refractivity contribution in [3.8, 4) is 0 Å². The van der Waals surface area contributed by atoms with E-state index in [4.69, 9.17) is 10.5 Å². The van der Waals surface area contributed by atoms with E-state index in [0.717, 1.165) is 43.9 Å². The predicted octanol–water partition coefficient (Wildman–Crippen LogP) is 1.71. The summed E-state index contributed by atoms with van der Waals surface area (Å²) in [5.74, 6) is -0.901. The molecular formula is C32H50N6O7S. The van der Waals surface area contributed by atoms with Gasteiger partial charge in [-0.05, 0) is 56.4 Å². The highest BCUT2D eigenvalue weighted by Crippen LogP contribution is 2.21. The van der Waals surface area contributed by atoms with E-state index in [1.807, 2.05) is 35.2 Å². The lowest BCUT2D eigenvalue weighted by Crippen LogP contribution is -2.54. The van der Waals surface area contributed by atoms with E-state index < -0.39 is 28.0 Å². The first-order valence-electron chi connectivity index (χ1n) is 16.3. The van der Waals surface area contributed by atoms with Gasteiger partial charge in [-0.15, -0.1) is 0 Å². The smallest absolute Gasteiger partial charge is 0.305 e. The van der Waals surface area contributed by atoms with Crippen molar-refractivity contribution in [1.82, 2.24) is 19.8 Å². The first kappa shape index (κ1) is 36.9. The average Bonchev–Trinajstić information content (AvgIpc) is 3.52. The number of ether oxygens (including phenoxy) is 1. The standard InChI is InChI=1S/C32H50N6O7S/c1-3-4-6-15-29(40)45-21-10-14-28(39)35-32(33)37-19-16-25(17-20-37)23-34-30(41)27-13-9-18-38(27)31(42)26(36-46(2,43)44)22-24-11-7-5-8-12-24/h5,7-8,11-12,25-27,36H,3-4,6,9-10,13-23H2,1-2H3,(H,34,41)(H2,33,35,39)/t26-,27+/m1/s1. The quantitative estimate of drug-likeness (QED) is 0.103. The topological polar surface area (TPSA) is 181 Å². The second kappa shape index (κ2) is 18.6. The number of guanidine groups is 1. The largest absolute Gasteiger partial charge is 0.466 e. The van der Waals surface area contributed by atoms with Crippen LogP contribution in [0.1, 0.15) is 76.7 Å². The van der Waals surface area contributed by atoms with Gasteiger partial charge in [-0.3, -0.25) is 19.2 Å². The molecule has 0 aromatic heterocycles. The molecule has 2 aliphatic rings. The van der Waals surface area contributed by atoms with Gasteiger partial charge in [0.05, 0.1) is 12.9 Å². The fraction of sp³-hybridized carbons (Fsp3) is 0.656. The number of sulfonamides is 1. The number of nitrogens with zero attached hydrogens (tertiary/aromatic N) is 3. The Labute approximate surface area is 272 Å². The highest BCUT2D eigenvalue weighted by atomic mass is 32.2. The molecule has 1 aromatic carbocycles. The Balaban J connectivity index is 1.42. The minimum absolute atomic E-state index is 0.142. The van der Waals surface area contributed by atoms with Crippen molar-refractivity contribution in [3.63, 3.8) is 0 Å². The Morgan fingerprint density at radius 3 is 2.41 bits per heavy atom. The van der Waals surface area contributed by atoms with E-state index in [2.05, 4.69) is 22.0 Å². The lowest BCUT2D eigenvalue weighted by atomic mass is 9.97. The van der Waals surface area contributed by atoms with E-state index in [0.29, 0.717) is 51.9 Å². The highest BCUT2D eigenvalue weighted by Gasteiger charge is 2.38. The normalized spacial score (nSPS) is 18.3. The Kier molecular flexibility index (Phi) is 14.9. The molecular weight excluding hydrogens is 612 g/mol. The third-order valence-electron chi connectivity index (χ3n) is 8.30. The molecule has 4 N–H and O–H groups in total. The van der Waals surface area contributed by atoms with Crippen LogP contribution in [0.15, 0.2) is 35.3 Å². The molecule has 2 fully saturated rings. The summed E-state index contributed by atoms with van der Waals surface area (Å²) in [5.41, 5.74) is 6.91. The Morgan fingerprint density at radius 2 is 1.74 bits per heavy atom. The number of hydrogen-bond acceptors (Lipinski definition) is 7. The number of likely N-dealkylation sites (tertiary alicyclic amines) is 2. The van der Waals surface area contributed by atoms with Crippen molar-refractivity contribution in [2.45, 2.75) is 89.6 Å². The number of piperidine rings is 1. The van der Waals surface area contributed by atoms with Gasteiger partial charge in [0.15, 0.2) is 5.96 Å².